The second-order valence-corrected chi connectivity index (χ2v) is 6.45. The molecule has 0 aliphatic carbocycles. The molecule has 0 spiro atoms. The van der Waals surface area contributed by atoms with Gasteiger partial charge in [0.15, 0.2) is 5.69 Å². The molecule has 1 radical (unpaired) electrons. The molecule has 0 amide bonds. The molecule has 0 bridgehead atoms. The van der Waals surface area contributed by atoms with Gasteiger partial charge in [0, 0.05) is 46.0 Å². The molecule has 0 aliphatic rings. The van der Waals surface area contributed by atoms with Crippen LogP contribution in [0.4, 0.5) is 0 Å². The fraction of sp³-hybridized carbons (Fsp3) is 0.0909. The van der Waals surface area contributed by atoms with Crippen molar-refractivity contribution in [3.8, 4) is 22.5 Å². The van der Waals surface area contributed by atoms with E-state index in [-0.39, 0.29) is 32.7 Å². The quantitative estimate of drug-likeness (QED) is 0.313. The van der Waals surface area contributed by atoms with E-state index in [1.807, 2.05) is 49.6 Å². The van der Waals surface area contributed by atoms with Crippen molar-refractivity contribution in [1.82, 2.24) is 14.0 Å². The first-order valence-corrected chi connectivity index (χ1v) is 8.54. The van der Waals surface area contributed by atoms with Crippen LogP contribution in [0.2, 0.25) is 0 Å². The van der Waals surface area contributed by atoms with Gasteiger partial charge in [-0.25, -0.2) is 21.7 Å². The van der Waals surface area contributed by atoms with E-state index in [4.69, 9.17) is 4.98 Å². The molecular formula is C22H17N4Y-. The number of hydrogen-bond donors (Lipinski definition) is 0. The summed E-state index contributed by atoms with van der Waals surface area (Å²) < 4.78 is 6.37. The molecule has 0 unspecified atom stereocenters. The molecule has 2 aromatic carbocycles. The van der Waals surface area contributed by atoms with Gasteiger partial charge < -0.3 is 4.57 Å². The van der Waals surface area contributed by atoms with Crippen molar-refractivity contribution < 1.29 is 37.3 Å². The van der Waals surface area contributed by atoms with Crippen molar-refractivity contribution in [3.63, 3.8) is 0 Å². The van der Waals surface area contributed by atoms with Crippen LogP contribution in [0.15, 0.2) is 67.0 Å². The summed E-state index contributed by atoms with van der Waals surface area (Å²) in [7, 11) is 4.10. The SMILES string of the molecule is Cn1c(-c2cc(-c3[c-]cccc3)[c-]c[n+]2C)cn2c3ccccc3nc12.[Y]. The molecule has 5 rings (SSSR count). The Kier molecular flexibility index (Phi) is 4.71. The van der Waals surface area contributed by atoms with Gasteiger partial charge in [0.25, 0.3) is 0 Å². The molecule has 4 nitrogen and oxygen atoms in total. The minimum Gasteiger partial charge on any atom is -0.309 e. The van der Waals surface area contributed by atoms with Gasteiger partial charge in [-0.05, 0) is 12.1 Å². The zero-order valence-electron chi connectivity index (χ0n) is 15.2. The van der Waals surface area contributed by atoms with Gasteiger partial charge in [-0.2, -0.15) is 18.2 Å². The fourth-order valence-electron chi connectivity index (χ4n) is 3.44. The number of benzene rings is 2. The number of aromatic nitrogens is 4. The Morgan fingerprint density at radius 1 is 1.00 bits per heavy atom. The summed E-state index contributed by atoms with van der Waals surface area (Å²) in [6, 6.07) is 25.0. The van der Waals surface area contributed by atoms with Crippen LogP contribution in [-0.2, 0) is 46.8 Å². The van der Waals surface area contributed by atoms with Crippen LogP contribution < -0.4 is 4.57 Å². The summed E-state index contributed by atoms with van der Waals surface area (Å²) in [6.07, 6.45) is 4.12. The number of nitrogens with zero attached hydrogens (tertiary/aromatic N) is 4. The van der Waals surface area contributed by atoms with Gasteiger partial charge in [0.05, 0.1) is 11.0 Å². The van der Waals surface area contributed by atoms with E-state index < -0.39 is 0 Å². The van der Waals surface area contributed by atoms with Crippen molar-refractivity contribution in [3.05, 3.63) is 79.1 Å². The van der Waals surface area contributed by atoms with Crippen LogP contribution in [-0.4, -0.2) is 14.0 Å². The van der Waals surface area contributed by atoms with E-state index in [9.17, 15) is 0 Å². The van der Waals surface area contributed by atoms with Crippen LogP contribution in [0.25, 0.3) is 39.3 Å². The number of aryl methyl sites for hydroxylation is 2. The minimum absolute atomic E-state index is 0. The van der Waals surface area contributed by atoms with Crippen LogP contribution in [0.1, 0.15) is 0 Å². The standard InChI is InChI=1S/C22H17N4.Y/c1-24-13-12-17(16-8-4-3-5-9-16)14-20(24)21-15-26-19-11-7-6-10-18(19)23-22(26)25(21)2;/h3-8,10-11,13-15H,1-2H3;/q-1;. The molecule has 5 aromatic rings. The Bertz CT molecular complexity index is 1250. The number of hydrogen-bond acceptors (Lipinski definition) is 1. The second-order valence-electron chi connectivity index (χ2n) is 6.45. The van der Waals surface area contributed by atoms with Crippen molar-refractivity contribution >= 4 is 16.8 Å². The topological polar surface area (TPSA) is 26.1 Å². The van der Waals surface area contributed by atoms with Crippen molar-refractivity contribution in [1.29, 1.82) is 0 Å². The summed E-state index contributed by atoms with van der Waals surface area (Å²) >= 11 is 0. The first-order valence-electron chi connectivity index (χ1n) is 8.54. The van der Waals surface area contributed by atoms with Gasteiger partial charge in [-0.15, -0.1) is 12.1 Å². The van der Waals surface area contributed by atoms with Crippen LogP contribution >= 0.6 is 0 Å². The Hall–Kier alpha value is -2.30. The van der Waals surface area contributed by atoms with Gasteiger partial charge >= 0.3 is 0 Å². The van der Waals surface area contributed by atoms with Gasteiger partial charge in [-0.3, -0.25) is 15.5 Å². The molecule has 0 atom stereocenters. The molecule has 129 valence electrons. The predicted octanol–water partition coefficient (Wildman–Crippen LogP) is 3.58. The molecule has 5 heteroatoms. The molecule has 0 saturated carbocycles. The van der Waals surface area contributed by atoms with E-state index >= 15 is 0 Å². The van der Waals surface area contributed by atoms with E-state index in [0.717, 1.165) is 39.3 Å². The molecule has 0 aliphatic heterocycles. The number of fused-ring (bicyclic) bond motifs is 3. The zero-order chi connectivity index (χ0) is 17.7. The molecule has 3 aromatic heterocycles. The predicted molar refractivity (Wildman–Crippen MR) is 101 cm³/mol. The van der Waals surface area contributed by atoms with E-state index in [1.165, 1.54) is 0 Å². The summed E-state index contributed by atoms with van der Waals surface area (Å²) in [6.45, 7) is 0. The second kappa shape index (κ2) is 7.03. The largest absolute Gasteiger partial charge is 0.309 e. The maximum absolute atomic E-state index is 4.77. The average Bonchev–Trinajstić information content (AvgIpc) is 3.20. The summed E-state index contributed by atoms with van der Waals surface area (Å²) in [5.74, 6) is 0.932. The fourth-order valence-corrected chi connectivity index (χ4v) is 3.44. The molecule has 0 fully saturated rings. The molecule has 27 heavy (non-hydrogen) atoms. The Balaban J connectivity index is 0.00000180. The average molecular weight is 426 g/mol. The Morgan fingerprint density at radius 3 is 2.63 bits per heavy atom. The van der Waals surface area contributed by atoms with Gasteiger partial charge in [0.2, 0.25) is 5.78 Å². The normalized spacial score (nSPS) is 11.0. The first-order chi connectivity index (χ1) is 12.7. The first kappa shape index (κ1) is 18.1. The number of rotatable bonds is 2. The summed E-state index contributed by atoms with van der Waals surface area (Å²) in [5.41, 5.74) is 6.40. The molecule has 0 saturated heterocycles. The van der Waals surface area contributed by atoms with Crippen LogP contribution in [0.3, 0.4) is 0 Å². The Morgan fingerprint density at radius 2 is 1.81 bits per heavy atom. The van der Waals surface area contributed by atoms with Gasteiger partial charge in [0.1, 0.15) is 18.9 Å². The number of para-hydroxylation sites is 2. The molecule has 3 heterocycles. The van der Waals surface area contributed by atoms with E-state index in [1.54, 1.807) is 0 Å². The maximum Gasteiger partial charge on any atom is 0.215 e. The van der Waals surface area contributed by atoms with Gasteiger partial charge in [-0.1, -0.05) is 12.1 Å². The monoisotopic (exact) mass is 426 g/mol. The van der Waals surface area contributed by atoms with E-state index in [0.29, 0.717) is 0 Å². The number of pyridine rings is 1. The van der Waals surface area contributed by atoms with Crippen LogP contribution in [0, 0.1) is 12.1 Å². The van der Waals surface area contributed by atoms with E-state index in [2.05, 4.69) is 57.1 Å². The Labute approximate surface area is 183 Å². The molecular weight excluding hydrogens is 409 g/mol. The van der Waals surface area contributed by atoms with Crippen LogP contribution in [0.5, 0.6) is 0 Å². The third-order valence-electron chi connectivity index (χ3n) is 4.83. The minimum atomic E-state index is 0. The summed E-state index contributed by atoms with van der Waals surface area (Å²) in [5, 5.41) is 0. The molecule has 0 N–H and O–H groups in total. The summed E-state index contributed by atoms with van der Waals surface area (Å²) in [4.78, 5) is 4.77. The number of imidazole rings is 2. The third kappa shape index (κ3) is 2.93. The van der Waals surface area contributed by atoms with Crippen molar-refractivity contribution in [2.45, 2.75) is 0 Å². The van der Waals surface area contributed by atoms with Crippen molar-refractivity contribution in [2.24, 2.45) is 14.1 Å². The maximum atomic E-state index is 4.77. The smallest absolute Gasteiger partial charge is 0.215 e. The van der Waals surface area contributed by atoms with Crippen molar-refractivity contribution in [2.75, 3.05) is 0 Å². The third-order valence-corrected chi connectivity index (χ3v) is 4.83. The zero-order valence-corrected chi connectivity index (χ0v) is 18.1.